The smallest absolute Gasteiger partial charge is 0.153 e. The van der Waals surface area contributed by atoms with Crippen LogP contribution in [-0.2, 0) is 5.60 Å². The predicted octanol–water partition coefficient (Wildman–Crippen LogP) is 3.55. The van der Waals surface area contributed by atoms with E-state index < -0.39 is 5.60 Å². The number of hydrogen-bond acceptors (Lipinski definition) is 3. The van der Waals surface area contributed by atoms with Gasteiger partial charge in [0.15, 0.2) is 6.29 Å². The Bertz CT molecular complexity index is 594. The monoisotopic (exact) mass is 334 g/mol. The van der Waals surface area contributed by atoms with E-state index in [9.17, 15) is 9.90 Å². The fraction of sp³-hybridized carbons (Fsp3) is 0.188. The number of benzene rings is 2. The van der Waals surface area contributed by atoms with Crippen LogP contribution in [0.5, 0.6) is 5.75 Å². The third-order valence-corrected chi connectivity index (χ3v) is 3.50. The first-order valence-electron chi connectivity index (χ1n) is 6.18. The van der Waals surface area contributed by atoms with Crippen LogP contribution in [0.4, 0.5) is 0 Å². The second-order valence-electron chi connectivity index (χ2n) is 4.73. The van der Waals surface area contributed by atoms with Crippen LogP contribution in [0.3, 0.4) is 0 Å². The van der Waals surface area contributed by atoms with Gasteiger partial charge < -0.3 is 9.84 Å². The van der Waals surface area contributed by atoms with Crippen molar-refractivity contribution in [3.05, 3.63) is 64.1 Å². The lowest BCUT2D eigenvalue weighted by Gasteiger charge is -2.24. The van der Waals surface area contributed by atoms with E-state index in [1.807, 2.05) is 30.3 Å². The lowest BCUT2D eigenvalue weighted by molar-refractivity contribution is 0.00739. The average Bonchev–Trinajstić information content (AvgIpc) is 2.46. The molecule has 0 aliphatic rings. The highest BCUT2D eigenvalue weighted by Crippen LogP contribution is 2.25. The van der Waals surface area contributed by atoms with Crippen LogP contribution >= 0.6 is 15.9 Å². The Hall–Kier alpha value is -1.65. The van der Waals surface area contributed by atoms with Gasteiger partial charge in [-0.15, -0.1) is 0 Å². The first-order chi connectivity index (χ1) is 9.53. The molecule has 0 radical (unpaired) electrons. The molecule has 1 N–H and O–H groups in total. The van der Waals surface area contributed by atoms with Crippen molar-refractivity contribution in [1.82, 2.24) is 0 Å². The highest BCUT2D eigenvalue weighted by atomic mass is 79.9. The first-order valence-corrected chi connectivity index (χ1v) is 6.98. The molecular formula is C16H15BrO3. The van der Waals surface area contributed by atoms with Gasteiger partial charge in [0, 0.05) is 4.47 Å². The molecule has 0 saturated carbocycles. The van der Waals surface area contributed by atoms with Gasteiger partial charge in [0.05, 0.1) is 5.56 Å². The van der Waals surface area contributed by atoms with Gasteiger partial charge in [-0.2, -0.15) is 0 Å². The number of halogens is 1. The fourth-order valence-electron chi connectivity index (χ4n) is 1.84. The minimum atomic E-state index is -1.12. The van der Waals surface area contributed by atoms with E-state index in [0.29, 0.717) is 11.3 Å². The van der Waals surface area contributed by atoms with Crippen molar-refractivity contribution in [3.8, 4) is 5.75 Å². The Balaban J connectivity index is 2.14. The zero-order valence-corrected chi connectivity index (χ0v) is 12.6. The number of rotatable bonds is 5. The quantitative estimate of drug-likeness (QED) is 0.850. The van der Waals surface area contributed by atoms with Crippen LogP contribution in [0.2, 0.25) is 0 Å². The zero-order chi connectivity index (χ0) is 14.6. The van der Waals surface area contributed by atoms with Crippen LogP contribution in [0.25, 0.3) is 0 Å². The van der Waals surface area contributed by atoms with Crippen LogP contribution < -0.4 is 4.74 Å². The molecule has 0 saturated heterocycles. The lowest BCUT2D eigenvalue weighted by Crippen LogP contribution is -2.29. The highest BCUT2D eigenvalue weighted by Gasteiger charge is 2.24. The van der Waals surface area contributed by atoms with E-state index in [1.165, 1.54) is 0 Å². The number of hydrogen-bond donors (Lipinski definition) is 1. The van der Waals surface area contributed by atoms with Crippen molar-refractivity contribution in [2.24, 2.45) is 0 Å². The van der Waals surface area contributed by atoms with E-state index >= 15 is 0 Å². The van der Waals surface area contributed by atoms with Crippen LogP contribution in [0.1, 0.15) is 22.8 Å². The molecule has 1 atom stereocenters. The molecule has 0 aromatic heterocycles. The molecule has 0 spiro atoms. The van der Waals surface area contributed by atoms with Gasteiger partial charge in [-0.1, -0.05) is 46.3 Å². The topological polar surface area (TPSA) is 46.5 Å². The molecule has 0 fully saturated rings. The summed E-state index contributed by atoms with van der Waals surface area (Å²) in [4.78, 5) is 11.0. The summed E-state index contributed by atoms with van der Waals surface area (Å²) in [6, 6.07) is 14.5. The molecule has 0 aliphatic heterocycles. The van der Waals surface area contributed by atoms with Crippen LogP contribution in [-0.4, -0.2) is 18.0 Å². The second-order valence-corrected chi connectivity index (χ2v) is 5.64. The van der Waals surface area contributed by atoms with E-state index in [-0.39, 0.29) is 6.61 Å². The largest absolute Gasteiger partial charge is 0.489 e. The van der Waals surface area contributed by atoms with Crippen molar-refractivity contribution in [1.29, 1.82) is 0 Å². The molecule has 0 bridgehead atoms. The summed E-state index contributed by atoms with van der Waals surface area (Å²) >= 11 is 3.30. The van der Waals surface area contributed by atoms with E-state index in [4.69, 9.17) is 4.74 Å². The summed E-state index contributed by atoms with van der Waals surface area (Å²) in [7, 11) is 0. The third-order valence-electron chi connectivity index (χ3n) is 3.00. The normalized spacial score (nSPS) is 13.6. The minimum Gasteiger partial charge on any atom is -0.489 e. The SMILES string of the molecule is CC(O)(COc1ccc(Br)cc1C=O)c1ccccc1. The Morgan fingerprint density at radius 2 is 1.95 bits per heavy atom. The number of carbonyl (C=O) groups is 1. The van der Waals surface area contributed by atoms with Gasteiger partial charge in [0.1, 0.15) is 18.0 Å². The van der Waals surface area contributed by atoms with E-state index in [1.54, 1.807) is 25.1 Å². The number of ether oxygens (including phenoxy) is 1. The molecule has 20 heavy (non-hydrogen) atoms. The van der Waals surface area contributed by atoms with Crippen molar-refractivity contribution in [2.45, 2.75) is 12.5 Å². The Morgan fingerprint density at radius 1 is 1.25 bits per heavy atom. The van der Waals surface area contributed by atoms with Crippen molar-refractivity contribution < 1.29 is 14.6 Å². The number of aliphatic hydroxyl groups is 1. The van der Waals surface area contributed by atoms with Crippen LogP contribution in [0, 0.1) is 0 Å². The molecule has 104 valence electrons. The van der Waals surface area contributed by atoms with E-state index in [0.717, 1.165) is 16.3 Å². The van der Waals surface area contributed by atoms with Gasteiger partial charge in [0.25, 0.3) is 0 Å². The Morgan fingerprint density at radius 3 is 2.60 bits per heavy atom. The van der Waals surface area contributed by atoms with Gasteiger partial charge in [0.2, 0.25) is 0 Å². The maximum Gasteiger partial charge on any atom is 0.153 e. The molecule has 2 rings (SSSR count). The lowest BCUT2D eigenvalue weighted by atomic mass is 9.97. The van der Waals surface area contributed by atoms with Gasteiger partial charge in [-0.05, 0) is 30.7 Å². The predicted molar refractivity (Wildman–Crippen MR) is 81.0 cm³/mol. The number of carbonyl (C=O) groups excluding carboxylic acids is 1. The summed E-state index contributed by atoms with van der Waals surface area (Å²) in [5.74, 6) is 0.458. The van der Waals surface area contributed by atoms with Gasteiger partial charge in [-0.3, -0.25) is 4.79 Å². The first kappa shape index (κ1) is 14.8. The molecule has 4 heteroatoms. The minimum absolute atomic E-state index is 0.0689. The molecule has 2 aromatic carbocycles. The summed E-state index contributed by atoms with van der Waals surface area (Å²) in [6.07, 6.45) is 0.733. The molecule has 2 aromatic rings. The summed E-state index contributed by atoms with van der Waals surface area (Å²) < 4.78 is 6.41. The molecule has 3 nitrogen and oxygen atoms in total. The molecule has 0 amide bonds. The summed E-state index contributed by atoms with van der Waals surface area (Å²) in [5, 5.41) is 10.4. The summed E-state index contributed by atoms with van der Waals surface area (Å²) in [5.41, 5.74) is 0.0992. The van der Waals surface area contributed by atoms with Crippen molar-refractivity contribution >= 4 is 22.2 Å². The molecule has 0 aliphatic carbocycles. The fourth-order valence-corrected chi connectivity index (χ4v) is 2.22. The molecule has 1 unspecified atom stereocenters. The Kier molecular flexibility index (Phi) is 4.57. The third kappa shape index (κ3) is 3.46. The van der Waals surface area contributed by atoms with Crippen molar-refractivity contribution in [3.63, 3.8) is 0 Å². The molecule has 0 heterocycles. The molecular weight excluding hydrogens is 320 g/mol. The maximum absolute atomic E-state index is 11.0. The number of aldehydes is 1. The highest BCUT2D eigenvalue weighted by molar-refractivity contribution is 9.10. The summed E-state index contributed by atoms with van der Waals surface area (Å²) in [6.45, 7) is 1.75. The second kappa shape index (κ2) is 6.20. The average molecular weight is 335 g/mol. The van der Waals surface area contributed by atoms with Gasteiger partial charge in [-0.25, -0.2) is 0 Å². The standard InChI is InChI=1S/C16H15BrO3/c1-16(19,13-5-3-2-4-6-13)11-20-15-8-7-14(17)9-12(15)10-18/h2-10,19H,11H2,1H3. The maximum atomic E-state index is 11.0. The van der Waals surface area contributed by atoms with Crippen molar-refractivity contribution in [2.75, 3.05) is 6.61 Å². The van der Waals surface area contributed by atoms with E-state index in [2.05, 4.69) is 15.9 Å². The zero-order valence-electron chi connectivity index (χ0n) is 11.0. The Labute approximate surface area is 126 Å². The van der Waals surface area contributed by atoms with Crippen LogP contribution in [0.15, 0.2) is 53.0 Å². The van der Waals surface area contributed by atoms with Gasteiger partial charge >= 0.3 is 0 Å².